The minimum atomic E-state index is -3.52. The molecule has 0 aromatic carbocycles. The van der Waals surface area contributed by atoms with Crippen LogP contribution in [-0.2, 0) is 16.6 Å². The number of imidazole rings is 1. The van der Waals surface area contributed by atoms with Crippen molar-refractivity contribution in [2.45, 2.75) is 38.1 Å². The van der Waals surface area contributed by atoms with Gasteiger partial charge in [0.2, 0.25) is 10.0 Å². The number of hydrogen-bond acceptors (Lipinski definition) is 4. The highest BCUT2D eigenvalue weighted by Gasteiger charge is 2.27. The molecule has 0 saturated heterocycles. The van der Waals surface area contributed by atoms with E-state index in [4.69, 9.17) is 18.0 Å². The van der Waals surface area contributed by atoms with E-state index in [0.717, 1.165) is 0 Å². The van der Waals surface area contributed by atoms with Gasteiger partial charge < -0.3 is 10.3 Å². The summed E-state index contributed by atoms with van der Waals surface area (Å²) in [5.74, 6) is 0. The summed E-state index contributed by atoms with van der Waals surface area (Å²) < 4.78 is 28.5. The number of nitrogens with one attached hydrogen (secondary N) is 1. The Bertz CT molecular complexity index is 484. The zero-order valence-corrected chi connectivity index (χ0v) is 12.0. The molecule has 0 aliphatic heterocycles. The summed E-state index contributed by atoms with van der Waals surface area (Å²) in [7, 11) is -3.52. The van der Waals surface area contributed by atoms with Crippen molar-refractivity contribution in [3.05, 3.63) is 18.7 Å². The van der Waals surface area contributed by atoms with Gasteiger partial charge in [-0.15, -0.1) is 0 Å². The Hall–Kier alpha value is -0.990. The molecule has 18 heavy (non-hydrogen) atoms. The largest absolute Gasteiger partial charge is 0.392 e. The minimum Gasteiger partial charge on any atom is -0.392 e. The summed E-state index contributed by atoms with van der Waals surface area (Å²) >= 11 is 4.78. The molecule has 1 heterocycles. The molecule has 2 atom stereocenters. The minimum absolute atomic E-state index is 0.000157. The zero-order valence-electron chi connectivity index (χ0n) is 10.4. The Morgan fingerprint density at radius 2 is 2.28 bits per heavy atom. The quantitative estimate of drug-likeness (QED) is 0.703. The molecule has 0 radical (unpaired) electrons. The third-order valence-corrected chi connectivity index (χ3v) is 4.97. The van der Waals surface area contributed by atoms with Gasteiger partial charge in [-0.3, -0.25) is 0 Å². The van der Waals surface area contributed by atoms with Crippen LogP contribution in [-0.4, -0.2) is 34.2 Å². The van der Waals surface area contributed by atoms with Gasteiger partial charge >= 0.3 is 0 Å². The first kappa shape index (κ1) is 15.1. The maximum absolute atomic E-state index is 12.0. The Kier molecular flexibility index (Phi) is 5.24. The molecule has 0 fully saturated rings. The van der Waals surface area contributed by atoms with Crippen molar-refractivity contribution >= 4 is 27.2 Å². The normalized spacial score (nSPS) is 15.2. The average Bonchev–Trinajstić information content (AvgIpc) is 2.68. The Morgan fingerprint density at radius 3 is 2.72 bits per heavy atom. The van der Waals surface area contributed by atoms with Gasteiger partial charge in [-0.1, -0.05) is 19.1 Å². The lowest BCUT2D eigenvalue weighted by molar-refractivity contribution is 0.516. The van der Waals surface area contributed by atoms with Crippen LogP contribution in [0, 0.1) is 0 Å². The fraction of sp³-hybridized carbons (Fsp3) is 0.600. The van der Waals surface area contributed by atoms with E-state index in [9.17, 15) is 8.42 Å². The first-order valence-corrected chi connectivity index (χ1v) is 7.58. The first-order chi connectivity index (χ1) is 8.36. The molecule has 0 aliphatic rings. The SMILES string of the molecule is CCC(C(N)=S)S(=O)(=O)NC(C)Cn1ccnc1. The first-order valence-electron chi connectivity index (χ1n) is 5.63. The van der Waals surface area contributed by atoms with Crippen molar-refractivity contribution in [3.63, 3.8) is 0 Å². The predicted molar refractivity (Wildman–Crippen MR) is 74.6 cm³/mol. The van der Waals surface area contributed by atoms with Gasteiger partial charge in [-0.25, -0.2) is 18.1 Å². The molecule has 1 aromatic heterocycles. The zero-order chi connectivity index (χ0) is 13.8. The Balaban J connectivity index is 2.67. The molecular weight excluding hydrogens is 272 g/mol. The molecule has 0 saturated carbocycles. The number of hydrogen-bond donors (Lipinski definition) is 2. The van der Waals surface area contributed by atoms with Crippen LogP contribution in [0.3, 0.4) is 0 Å². The van der Waals surface area contributed by atoms with Crippen LogP contribution < -0.4 is 10.5 Å². The number of sulfonamides is 1. The molecule has 1 aromatic rings. The van der Waals surface area contributed by atoms with Gasteiger partial charge in [0.1, 0.15) is 5.25 Å². The number of rotatable bonds is 7. The third-order valence-electron chi connectivity index (χ3n) is 2.47. The molecule has 1 rings (SSSR count). The summed E-state index contributed by atoms with van der Waals surface area (Å²) in [4.78, 5) is 3.90. The fourth-order valence-electron chi connectivity index (χ4n) is 1.68. The lowest BCUT2D eigenvalue weighted by atomic mass is 10.3. The van der Waals surface area contributed by atoms with Crippen LogP contribution in [0.15, 0.2) is 18.7 Å². The van der Waals surface area contributed by atoms with Gasteiger partial charge in [0.15, 0.2) is 0 Å². The molecule has 0 amide bonds. The second kappa shape index (κ2) is 6.26. The average molecular weight is 290 g/mol. The highest BCUT2D eigenvalue weighted by atomic mass is 32.2. The predicted octanol–water partition coefficient (Wildman–Crippen LogP) is 0.256. The van der Waals surface area contributed by atoms with Crippen LogP contribution in [0.4, 0.5) is 0 Å². The van der Waals surface area contributed by atoms with Crippen LogP contribution in [0.1, 0.15) is 20.3 Å². The van der Waals surface area contributed by atoms with Crippen molar-refractivity contribution in [1.29, 1.82) is 0 Å². The standard InChI is InChI=1S/C10H18N4O2S2/c1-3-9(10(11)17)18(15,16)13-8(2)6-14-5-4-12-7-14/h4-5,7-9,13H,3,6H2,1-2H3,(H2,11,17). The molecule has 2 unspecified atom stereocenters. The molecule has 3 N–H and O–H groups in total. The summed E-state index contributed by atoms with van der Waals surface area (Å²) in [5, 5.41) is -0.822. The van der Waals surface area contributed by atoms with Crippen molar-refractivity contribution in [2.75, 3.05) is 0 Å². The maximum Gasteiger partial charge on any atom is 0.221 e. The number of thiocarbonyl (C=S) groups is 1. The van der Waals surface area contributed by atoms with Crippen LogP contribution in [0.2, 0.25) is 0 Å². The molecular formula is C10H18N4O2S2. The van der Waals surface area contributed by atoms with Crippen LogP contribution in [0.25, 0.3) is 0 Å². The van der Waals surface area contributed by atoms with E-state index >= 15 is 0 Å². The Morgan fingerprint density at radius 1 is 1.61 bits per heavy atom. The smallest absolute Gasteiger partial charge is 0.221 e. The van der Waals surface area contributed by atoms with E-state index in [1.807, 2.05) is 0 Å². The van der Waals surface area contributed by atoms with Crippen molar-refractivity contribution in [3.8, 4) is 0 Å². The Labute approximate surface area is 113 Å². The lowest BCUT2D eigenvalue weighted by Crippen LogP contribution is -2.45. The summed E-state index contributed by atoms with van der Waals surface area (Å²) in [5.41, 5.74) is 5.44. The maximum atomic E-state index is 12.0. The van der Waals surface area contributed by atoms with E-state index in [2.05, 4.69) is 9.71 Å². The van der Waals surface area contributed by atoms with Crippen LogP contribution >= 0.6 is 12.2 Å². The topological polar surface area (TPSA) is 90.0 Å². The van der Waals surface area contributed by atoms with E-state index in [1.54, 1.807) is 37.1 Å². The number of nitrogens with two attached hydrogens (primary N) is 1. The molecule has 0 spiro atoms. The van der Waals surface area contributed by atoms with E-state index < -0.39 is 15.3 Å². The van der Waals surface area contributed by atoms with Crippen molar-refractivity contribution < 1.29 is 8.42 Å². The molecule has 6 nitrogen and oxygen atoms in total. The van der Waals surface area contributed by atoms with E-state index in [0.29, 0.717) is 13.0 Å². The second-order valence-corrected chi connectivity index (χ2v) is 6.49. The fourth-order valence-corrected chi connectivity index (χ4v) is 3.78. The molecule has 0 bridgehead atoms. The number of aromatic nitrogens is 2. The lowest BCUT2D eigenvalue weighted by Gasteiger charge is -2.19. The highest BCUT2D eigenvalue weighted by Crippen LogP contribution is 2.06. The third kappa shape index (κ3) is 4.04. The van der Waals surface area contributed by atoms with E-state index in [-0.39, 0.29) is 11.0 Å². The van der Waals surface area contributed by atoms with Gasteiger partial charge in [-0.2, -0.15) is 0 Å². The van der Waals surface area contributed by atoms with E-state index in [1.165, 1.54) is 0 Å². The number of nitrogens with zero attached hydrogens (tertiary/aromatic N) is 2. The highest BCUT2D eigenvalue weighted by molar-refractivity contribution is 7.93. The van der Waals surface area contributed by atoms with Crippen molar-refractivity contribution in [2.24, 2.45) is 5.73 Å². The van der Waals surface area contributed by atoms with Crippen LogP contribution in [0.5, 0.6) is 0 Å². The van der Waals surface area contributed by atoms with Gasteiger partial charge in [-0.05, 0) is 13.3 Å². The summed E-state index contributed by atoms with van der Waals surface area (Å²) in [6.07, 6.45) is 5.42. The van der Waals surface area contributed by atoms with Crippen molar-refractivity contribution in [1.82, 2.24) is 14.3 Å². The van der Waals surface area contributed by atoms with Gasteiger partial charge in [0, 0.05) is 25.0 Å². The van der Waals surface area contributed by atoms with Gasteiger partial charge in [0.05, 0.1) is 11.3 Å². The molecule has 0 aliphatic carbocycles. The summed E-state index contributed by atoms with van der Waals surface area (Å²) in [6.45, 7) is 4.03. The molecule has 102 valence electrons. The van der Waals surface area contributed by atoms with Gasteiger partial charge in [0.25, 0.3) is 0 Å². The molecule has 8 heteroatoms. The monoisotopic (exact) mass is 290 g/mol. The summed E-state index contributed by atoms with van der Waals surface area (Å²) in [6, 6.07) is -0.257. The second-order valence-electron chi connectivity index (χ2n) is 4.12.